The molecule has 0 saturated carbocycles. The zero-order valence-electron chi connectivity index (χ0n) is 16.2. The normalized spacial score (nSPS) is 14.1. The van der Waals surface area contributed by atoms with Gasteiger partial charge in [0.15, 0.2) is 5.69 Å². The fourth-order valence-electron chi connectivity index (χ4n) is 3.57. The van der Waals surface area contributed by atoms with E-state index in [-0.39, 0.29) is 5.91 Å². The van der Waals surface area contributed by atoms with E-state index in [0.29, 0.717) is 11.4 Å². The van der Waals surface area contributed by atoms with Crippen LogP contribution < -0.4 is 10.2 Å². The summed E-state index contributed by atoms with van der Waals surface area (Å²) in [5.74, 6) is -0.273. The molecule has 0 atom stereocenters. The Morgan fingerprint density at radius 1 is 1.00 bits per heavy atom. The fraction of sp³-hybridized carbons (Fsp3) is 0.182. The molecule has 0 unspecified atom stereocenters. The van der Waals surface area contributed by atoms with Crippen LogP contribution in [-0.4, -0.2) is 52.4 Å². The Bertz CT molecular complexity index is 1180. The third kappa shape index (κ3) is 3.60. The zero-order valence-corrected chi connectivity index (χ0v) is 16.2. The number of pyridine rings is 2. The summed E-state index contributed by atoms with van der Waals surface area (Å²) in [5, 5.41) is 10.8. The maximum absolute atomic E-state index is 12.8. The van der Waals surface area contributed by atoms with Gasteiger partial charge < -0.3 is 15.0 Å². The zero-order chi connectivity index (χ0) is 20.3. The maximum Gasteiger partial charge on any atom is 0.276 e. The van der Waals surface area contributed by atoms with E-state index in [9.17, 15) is 4.79 Å². The molecule has 1 amide bonds. The molecule has 4 aromatic rings. The number of hydrogen-bond donors (Lipinski definition) is 2. The summed E-state index contributed by atoms with van der Waals surface area (Å²) in [6, 6.07) is 11.5. The highest BCUT2D eigenvalue weighted by Crippen LogP contribution is 2.28. The third-order valence-corrected chi connectivity index (χ3v) is 5.15. The summed E-state index contributed by atoms with van der Waals surface area (Å²) in [6.07, 6.45) is 6.97. The van der Waals surface area contributed by atoms with Crippen molar-refractivity contribution in [3.05, 3.63) is 66.9 Å². The minimum absolute atomic E-state index is 0.273. The summed E-state index contributed by atoms with van der Waals surface area (Å²) >= 11 is 0. The lowest BCUT2D eigenvalue weighted by Crippen LogP contribution is -2.36. The molecule has 0 radical (unpaired) electrons. The van der Waals surface area contributed by atoms with Crippen molar-refractivity contribution in [2.24, 2.45) is 0 Å². The fourth-order valence-corrected chi connectivity index (χ4v) is 3.57. The van der Waals surface area contributed by atoms with Gasteiger partial charge in [-0.15, -0.1) is 0 Å². The van der Waals surface area contributed by atoms with Gasteiger partial charge in [-0.25, -0.2) is 0 Å². The van der Waals surface area contributed by atoms with Crippen LogP contribution in [0.4, 0.5) is 11.4 Å². The molecule has 1 fully saturated rings. The van der Waals surface area contributed by atoms with Crippen LogP contribution in [0.5, 0.6) is 0 Å². The number of anilines is 2. The predicted molar refractivity (Wildman–Crippen MR) is 115 cm³/mol. The second kappa shape index (κ2) is 7.92. The third-order valence-electron chi connectivity index (χ3n) is 5.15. The second-order valence-electron chi connectivity index (χ2n) is 7.05. The highest BCUT2D eigenvalue weighted by atomic mass is 16.5. The Labute approximate surface area is 172 Å². The number of nitrogens with one attached hydrogen (secondary N) is 2. The van der Waals surface area contributed by atoms with Crippen LogP contribution in [-0.2, 0) is 4.74 Å². The van der Waals surface area contributed by atoms with Gasteiger partial charge in [0, 0.05) is 48.3 Å². The molecule has 1 aliphatic rings. The molecular formula is C22H20N6O2. The van der Waals surface area contributed by atoms with Gasteiger partial charge >= 0.3 is 0 Å². The van der Waals surface area contributed by atoms with Crippen LogP contribution in [0.1, 0.15) is 10.5 Å². The molecule has 4 heterocycles. The van der Waals surface area contributed by atoms with E-state index in [0.717, 1.165) is 54.0 Å². The highest BCUT2D eigenvalue weighted by Gasteiger charge is 2.16. The molecule has 1 aromatic carbocycles. The minimum atomic E-state index is -0.273. The Balaban J connectivity index is 1.46. The summed E-state index contributed by atoms with van der Waals surface area (Å²) in [5.41, 5.74) is 4.85. The van der Waals surface area contributed by atoms with Crippen molar-refractivity contribution in [1.29, 1.82) is 0 Å². The lowest BCUT2D eigenvalue weighted by atomic mass is 10.0. The average molecular weight is 400 g/mol. The van der Waals surface area contributed by atoms with Gasteiger partial charge in [0.1, 0.15) is 0 Å². The highest BCUT2D eigenvalue weighted by molar-refractivity contribution is 6.11. The molecule has 0 spiro atoms. The maximum atomic E-state index is 12.8. The first-order valence-electron chi connectivity index (χ1n) is 9.75. The first-order chi connectivity index (χ1) is 14.8. The van der Waals surface area contributed by atoms with Gasteiger partial charge in [-0.1, -0.05) is 6.07 Å². The number of nitrogens with zero attached hydrogens (tertiary/aromatic N) is 4. The number of carbonyl (C=O) groups is 1. The van der Waals surface area contributed by atoms with Crippen LogP contribution in [0, 0.1) is 0 Å². The van der Waals surface area contributed by atoms with E-state index in [1.54, 1.807) is 24.5 Å². The van der Waals surface area contributed by atoms with Crippen molar-refractivity contribution in [3.63, 3.8) is 0 Å². The number of aromatic nitrogens is 4. The van der Waals surface area contributed by atoms with Crippen molar-refractivity contribution in [1.82, 2.24) is 20.2 Å². The van der Waals surface area contributed by atoms with E-state index in [4.69, 9.17) is 4.74 Å². The van der Waals surface area contributed by atoms with E-state index in [2.05, 4.69) is 36.4 Å². The Hall–Kier alpha value is -3.78. The number of hydrogen-bond acceptors (Lipinski definition) is 6. The molecule has 1 saturated heterocycles. The minimum Gasteiger partial charge on any atom is -0.378 e. The molecule has 150 valence electrons. The number of fused-ring (bicyclic) bond motifs is 1. The quantitative estimate of drug-likeness (QED) is 0.546. The Kier molecular flexibility index (Phi) is 4.82. The number of benzene rings is 1. The van der Waals surface area contributed by atoms with Gasteiger partial charge in [-0.3, -0.25) is 19.9 Å². The largest absolute Gasteiger partial charge is 0.378 e. The van der Waals surface area contributed by atoms with E-state index >= 15 is 0 Å². The van der Waals surface area contributed by atoms with Crippen molar-refractivity contribution in [2.45, 2.75) is 0 Å². The molecule has 0 bridgehead atoms. The topological polar surface area (TPSA) is 96.0 Å². The Morgan fingerprint density at radius 3 is 2.67 bits per heavy atom. The second-order valence-corrected chi connectivity index (χ2v) is 7.05. The van der Waals surface area contributed by atoms with Crippen molar-refractivity contribution in [3.8, 4) is 11.1 Å². The number of rotatable bonds is 4. The number of aromatic amines is 1. The molecule has 1 aliphatic heterocycles. The SMILES string of the molecule is O=C(Nc1ccncc1)c1n[nH]c2ccc(-c3cncc(N4CCOCC4)c3)cc12. The molecule has 30 heavy (non-hydrogen) atoms. The number of amides is 1. The summed E-state index contributed by atoms with van der Waals surface area (Å²) in [4.78, 5) is 23.4. The molecular weight excluding hydrogens is 380 g/mol. The van der Waals surface area contributed by atoms with Gasteiger partial charge in [-0.05, 0) is 35.9 Å². The molecule has 8 heteroatoms. The first-order valence-corrected chi connectivity index (χ1v) is 9.75. The number of H-pyrrole nitrogens is 1. The van der Waals surface area contributed by atoms with Crippen molar-refractivity contribution >= 4 is 28.2 Å². The van der Waals surface area contributed by atoms with Crippen LogP contribution in [0.25, 0.3) is 22.0 Å². The molecule has 8 nitrogen and oxygen atoms in total. The van der Waals surface area contributed by atoms with Crippen molar-refractivity contribution < 1.29 is 9.53 Å². The van der Waals surface area contributed by atoms with Crippen LogP contribution in [0.2, 0.25) is 0 Å². The van der Waals surface area contributed by atoms with E-state index in [1.165, 1.54) is 0 Å². The number of ether oxygens (including phenoxy) is 1. The van der Waals surface area contributed by atoms with Gasteiger partial charge in [-0.2, -0.15) is 5.10 Å². The van der Waals surface area contributed by atoms with Crippen LogP contribution in [0.3, 0.4) is 0 Å². The lowest BCUT2D eigenvalue weighted by Gasteiger charge is -2.28. The van der Waals surface area contributed by atoms with Crippen LogP contribution >= 0.6 is 0 Å². The van der Waals surface area contributed by atoms with E-state index in [1.807, 2.05) is 30.6 Å². The molecule has 3 aromatic heterocycles. The summed E-state index contributed by atoms with van der Waals surface area (Å²) in [7, 11) is 0. The van der Waals surface area contributed by atoms with Crippen molar-refractivity contribution in [2.75, 3.05) is 36.5 Å². The predicted octanol–water partition coefficient (Wildman–Crippen LogP) is 3.11. The monoisotopic (exact) mass is 400 g/mol. The number of morpholine rings is 1. The average Bonchev–Trinajstić information content (AvgIpc) is 3.24. The van der Waals surface area contributed by atoms with Gasteiger partial charge in [0.2, 0.25) is 0 Å². The van der Waals surface area contributed by atoms with E-state index < -0.39 is 0 Å². The molecule has 2 N–H and O–H groups in total. The summed E-state index contributed by atoms with van der Waals surface area (Å²) < 4.78 is 5.44. The number of carbonyl (C=O) groups excluding carboxylic acids is 1. The smallest absolute Gasteiger partial charge is 0.276 e. The standard InChI is InChI=1S/C22H20N6O2/c29-22(25-17-3-5-23-6-4-17)21-19-12-15(1-2-20(19)26-27-21)16-11-18(14-24-13-16)28-7-9-30-10-8-28/h1-6,11-14H,7-10H2,(H,26,27)(H,23,25,29). The van der Waals surface area contributed by atoms with Gasteiger partial charge in [0.05, 0.1) is 30.6 Å². The summed E-state index contributed by atoms with van der Waals surface area (Å²) in [6.45, 7) is 3.15. The van der Waals surface area contributed by atoms with Crippen LogP contribution in [0.15, 0.2) is 61.2 Å². The lowest BCUT2D eigenvalue weighted by molar-refractivity contribution is 0.102. The van der Waals surface area contributed by atoms with Gasteiger partial charge in [0.25, 0.3) is 5.91 Å². The molecule has 0 aliphatic carbocycles. The molecule has 5 rings (SSSR count). The Morgan fingerprint density at radius 2 is 1.83 bits per heavy atom. The first kappa shape index (κ1) is 18.3.